The Labute approximate surface area is 265 Å². The molecule has 45 heavy (non-hydrogen) atoms. The van der Waals surface area contributed by atoms with Gasteiger partial charge in [-0.2, -0.15) is 0 Å². The van der Waals surface area contributed by atoms with Gasteiger partial charge in [-0.25, -0.2) is 5.06 Å². The predicted octanol–water partition coefficient (Wildman–Crippen LogP) is 3.64. The Morgan fingerprint density at radius 3 is 2.44 bits per heavy atom. The molecular weight excluding hydrogens is 582 g/mol. The highest BCUT2D eigenvalue weighted by Gasteiger charge is 2.48. The molecule has 0 bridgehead atoms. The highest BCUT2D eigenvalue weighted by molar-refractivity contribution is 5.78. The van der Waals surface area contributed by atoms with E-state index in [1.54, 1.807) is 31.4 Å². The van der Waals surface area contributed by atoms with Gasteiger partial charge in [0.25, 0.3) is 5.91 Å². The lowest BCUT2D eigenvalue weighted by Gasteiger charge is -2.29. The predicted molar refractivity (Wildman–Crippen MR) is 167 cm³/mol. The van der Waals surface area contributed by atoms with E-state index < -0.39 is 23.8 Å². The van der Waals surface area contributed by atoms with Crippen LogP contribution in [0.15, 0.2) is 36.4 Å². The number of ether oxygens (including phenoxy) is 5. The fraction of sp³-hybridized carbons (Fsp3) is 0.576. The number of benzene rings is 2. The van der Waals surface area contributed by atoms with Gasteiger partial charge in [-0.1, -0.05) is 25.5 Å². The number of likely N-dealkylation sites (tertiary alicyclic amines) is 1. The van der Waals surface area contributed by atoms with E-state index in [-0.39, 0.29) is 25.9 Å². The molecule has 0 spiro atoms. The van der Waals surface area contributed by atoms with Gasteiger partial charge in [0.2, 0.25) is 12.5 Å². The summed E-state index contributed by atoms with van der Waals surface area (Å²) in [6, 6.07) is 10.2. The molecule has 2 heterocycles. The molecule has 1 N–H and O–H groups in total. The maximum Gasteiger partial charge on any atom is 0.308 e. The third-order valence-electron chi connectivity index (χ3n) is 8.17. The van der Waals surface area contributed by atoms with Crippen LogP contribution < -0.4 is 23.7 Å². The van der Waals surface area contributed by atoms with Gasteiger partial charge in [-0.15, -0.1) is 0 Å². The summed E-state index contributed by atoms with van der Waals surface area (Å²) in [5.41, 5.74) is 0.722. The smallest absolute Gasteiger partial charge is 0.308 e. The fourth-order valence-corrected chi connectivity index (χ4v) is 5.84. The highest BCUT2D eigenvalue weighted by Crippen LogP contribution is 2.47. The Kier molecular flexibility index (Phi) is 11.8. The minimum Gasteiger partial charge on any atom is -0.493 e. The number of methoxy groups -OCH3 is 2. The summed E-state index contributed by atoms with van der Waals surface area (Å²) in [6.45, 7) is 4.21. The first-order chi connectivity index (χ1) is 21.6. The number of hydrogen-bond acceptors (Lipinski definition) is 9. The molecule has 2 aliphatic heterocycles. The molecule has 1 fully saturated rings. The van der Waals surface area contributed by atoms with Crippen molar-refractivity contribution in [3.63, 3.8) is 0 Å². The van der Waals surface area contributed by atoms with Gasteiger partial charge in [0.15, 0.2) is 23.0 Å². The first kappa shape index (κ1) is 34.1. The largest absolute Gasteiger partial charge is 0.493 e. The number of carboxylic acids is 1. The molecule has 1 saturated heterocycles. The topological polar surface area (TPSA) is 116 Å². The molecule has 248 valence electrons. The Hall–Kier alpha value is -3.74. The zero-order valence-corrected chi connectivity index (χ0v) is 27.3. The number of rotatable bonds is 17. The Bertz CT molecular complexity index is 1300. The molecule has 1 amide bonds. The van der Waals surface area contributed by atoms with Crippen LogP contribution in [0, 0.1) is 5.92 Å². The van der Waals surface area contributed by atoms with Crippen LogP contribution in [-0.4, -0.2) is 119 Å². The van der Waals surface area contributed by atoms with Gasteiger partial charge >= 0.3 is 5.97 Å². The Morgan fingerprint density at radius 1 is 1.04 bits per heavy atom. The van der Waals surface area contributed by atoms with Crippen molar-refractivity contribution in [3.8, 4) is 28.7 Å². The summed E-state index contributed by atoms with van der Waals surface area (Å²) >= 11 is 0. The number of carbonyl (C=O) groups is 2. The second-order valence-electron chi connectivity index (χ2n) is 12.4. The van der Waals surface area contributed by atoms with Crippen LogP contribution in [0.2, 0.25) is 0 Å². The lowest BCUT2D eigenvalue weighted by atomic mass is 9.85. The number of carbonyl (C=O) groups excluding carboxylic acids is 1. The van der Waals surface area contributed by atoms with Gasteiger partial charge < -0.3 is 33.3 Å². The average molecular weight is 631 g/mol. The summed E-state index contributed by atoms with van der Waals surface area (Å²) < 4.78 is 29.2. The average Bonchev–Trinajstić information content (AvgIpc) is 3.63. The van der Waals surface area contributed by atoms with Crippen molar-refractivity contribution in [2.24, 2.45) is 5.92 Å². The van der Waals surface area contributed by atoms with Crippen molar-refractivity contribution < 1.29 is 47.7 Å². The van der Waals surface area contributed by atoms with Crippen molar-refractivity contribution in [2.75, 3.05) is 81.5 Å². The molecule has 12 nitrogen and oxygen atoms in total. The number of hydrogen-bond donors (Lipinski definition) is 1. The molecular formula is C33H48N3O9+. The maximum atomic E-state index is 13.8. The lowest BCUT2D eigenvalue weighted by Crippen LogP contribution is -2.46. The number of nitrogens with zero attached hydrogens (tertiary/aromatic N) is 3. The minimum absolute atomic E-state index is 0.0268. The number of quaternary nitrogens is 1. The van der Waals surface area contributed by atoms with Crippen molar-refractivity contribution in [1.82, 2.24) is 9.96 Å². The second-order valence-corrected chi connectivity index (χ2v) is 12.4. The Morgan fingerprint density at radius 2 is 1.78 bits per heavy atom. The van der Waals surface area contributed by atoms with E-state index in [4.69, 9.17) is 28.5 Å². The zero-order chi connectivity index (χ0) is 32.6. The SMILES string of the molecule is CCCCN(OCCC[N+](C)(C)C)C(=O)CN1C[C@H](c2cc(OC)c3c(c2)OCO3)[C@@H](C(=O)O)[C@@H]1COc1ccccc1OC. The molecule has 0 unspecified atom stereocenters. The molecule has 2 aromatic carbocycles. The number of amides is 1. The van der Waals surface area contributed by atoms with Crippen LogP contribution in [0.4, 0.5) is 0 Å². The van der Waals surface area contributed by atoms with Crippen LogP contribution in [-0.2, 0) is 14.4 Å². The van der Waals surface area contributed by atoms with Gasteiger partial charge in [0.05, 0.1) is 67.0 Å². The van der Waals surface area contributed by atoms with Crippen LogP contribution in [0.1, 0.15) is 37.7 Å². The molecule has 0 radical (unpaired) electrons. The van der Waals surface area contributed by atoms with Gasteiger partial charge in [0, 0.05) is 25.4 Å². The minimum atomic E-state index is -0.986. The molecule has 12 heteroatoms. The van der Waals surface area contributed by atoms with E-state index >= 15 is 0 Å². The van der Waals surface area contributed by atoms with Crippen LogP contribution in [0.25, 0.3) is 0 Å². The van der Waals surface area contributed by atoms with Gasteiger partial charge in [-0.05, 0) is 36.2 Å². The summed E-state index contributed by atoms with van der Waals surface area (Å²) in [6.07, 6.45) is 2.49. The number of fused-ring (bicyclic) bond motifs is 1. The third kappa shape index (κ3) is 8.71. The standard InChI is InChI=1S/C33H47N3O9/c1-7-8-14-35(45-16-11-15-36(2,3)4)30(37)20-34-19-24(23-17-28(41-6)32-29(18-23)43-22-44-32)31(33(38)39)25(34)21-42-27-13-10-9-12-26(27)40-5/h9-10,12-13,17-18,24-25,31H,7-8,11,14-16,19-22H2,1-6H3/p+1/t24-,25+,31-/m1/s1. The molecule has 0 saturated carbocycles. The summed E-state index contributed by atoms with van der Waals surface area (Å²) in [4.78, 5) is 34.6. The van der Waals surface area contributed by atoms with E-state index in [1.807, 2.05) is 17.0 Å². The van der Waals surface area contributed by atoms with E-state index in [0.717, 1.165) is 35.9 Å². The summed E-state index contributed by atoms with van der Waals surface area (Å²) in [7, 11) is 9.44. The van der Waals surface area contributed by atoms with E-state index in [9.17, 15) is 14.7 Å². The van der Waals surface area contributed by atoms with Crippen LogP contribution in [0.5, 0.6) is 28.7 Å². The fourth-order valence-electron chi connectivity index (χ4n) is 5.84. The summed E-state index contributed by atoms with van der Waals surface area (Å²) in [5, 5.41) is 12.1. The number of carboxylic acid groups (broad SMARTS) is 1. The first-order valence-corrected chi connectivity index (χ1v) is 15.5. The third-order valence-corrected chi connectivity index (χ3v) is 8.17. The van der Waals surface area contributed by atoms with Crippen molar-refractivity contribution in [1.29, 1.82) is 0 Å². The van der Waals surface area contributed by atoms with E-state index in [2.05, 4.69) is 28.1 Å². The first-order valence-electron chi connectivity index (χ1n) is 15.5. The molecule has 0 aliphatic carbocycles. The number of aliphatic carboxylic acids is 1. The monoisotopic (exact) mass is 630 g/mol. The van der Waals surface area contributed by atoms with Crippen LogP contribution in [0.3, 0.4) is 0 Å². The summed E-state index contributed by atoms with van der Waals surface area (Å²) in [5.74, 6) is -0.103. The van der Waals surface area contributed by atoms with Gasteiger partial charge in [-0.3, -0.25) is 19.3 Å². The lowest BCUT2D eigenvalue weighted by molar-refractivity contribution is -0.870. The zero-order valence-electron chi connectivity index (χ0n) is 27.3. The van der Waals surface area contributed by atoms with Crippen molar-refractivity contribution in [3.05, 3.63) is 42.0 Å². The molecule has 2 aromatic rings. The van der Waals surface area contributed by atoms with Crippen LogP contribution >= 0.6 is 0 Å². The molecule has 0 aromatic heterocycles. The molecule has 2 aliphatic rings. The van der Waals surface area contributed by atoms with E-state index in [1.165, 1.54) is 12.2 Å². The highest BCUT2D eigenvalue weighted by atomic mass is 16.7. The number of hydroxylamine groups is 2. The maximum absolute atomic E-state index is 13.8. The van der Waals surface area contributed by atoms with E-state index in [0.29, 0.717) is 48.4 Å². The number of para-hydroxylation sites is 2. The normalized spacial score (nSPS) is 19.4. The quantitative estimate of drug-likeness (QED) is 0.158. The molecule has 3 atom stereocenters. The second kappa shape index (κ2) is 15.5. The van der Waals surface area contributed by atoms with Gasteiger partial charge in [0.1, 0.15) is 6.61 Å². The Balaban J connectivity index is 1.61. The number of unbranched alkanes of at least 4 members (excludes halogenated alkanes) is 1. The molecule has 4 rings (SSSR count). The van der Waals surface area contributed by atoms with Crippen molar-refractivity contribution >= 4 is 11.9 Å². The van der Waals surface area contributed by atoms with Crippen molar-refractivity contribution in [2.45, 2.75) is 38.1 Å².